The number of carbonyl (C=O) groups is 1. The summed E-state index contributed by atoms with van der Waals surface area (Å²) in [5.74, 6) is -0.0902. The number of esters is 1. The second kappa shape index (κ2) is 8.53. The summed E-state index contributed by atoms with van der Waals surface area (Å²) in [5.41, 5.74) is 0. The number of hydrogen-bond acceptors (Lipinski definition) is 4. The number of carbonyl (C=O) groups excluding carboxylic acids is 1. The molecule has 0 amide bonds. The summed E-state index contributed by atoms with van der Waals surface area (Å²) in [7, 11) is 0. The van der Waals surface area contributed by atoms with Gasteiger partial charge in [0.1, 0.15) is 0 Å². The van der Waals surface area contributed by atoms with Crippen LogP contribution in [0.4, 0.5) is 0 Å². The van der Waals surface area contributed by atoms with E-state index in [9.17, 15) is 4.79 Å². The Bertz CT molecular complexity index is 187. The highest BCUT2D eigenvalue weighted by Crippen LogP contribution is 2.09. The third-order valence-corrected chi connectivity index (χ3v) is 2.57. The Balaban J connectivity index is 1.82. The molecular weight excluding hydrogens is 208 g/mol. The van der Waals surface area contributed by atoms with E-state index in [4.69, 9.17) is 14.2 Å². The van der Waals surface area contributed by atoms with Gasteiger partial charge in [-0.1, -0.05) is 6.42 Å². The predicted molar refractivity (Wildman–Crippen MR) is 60.3 cm³/mol. The number of unbranched alkanes of at least 4 members (excludes halogenated alkanes) is 2. The zero-order valence-electron chi connectivity index (χ0n) is 10.1. The summed E-state index contributed by atoms with van der Waals surface area (Å²) < 4.78 is 15.7. The summed E-state index contributed by atoms with van der Waals surface area (Å²) in [4.78, 5) is 11.0. The molecule has 0 spiro atoms. The van der Waals surface area contributed by atoms with E-state index >= 15 is 0 Å². The van der Waals surface area contributed by atoms with Crippen LogP contribution in [-0.2, 0) is 19.0 Å². The highest BCUT2D eigenvalue weighted by atomic mass is 16.5. The van der Waals surface area contributed by atoms with Gasteiger partial charge in [0.25, 0.3) is 0 Å². The first-order chi connectivity index (χ1) is 7.83. The zero-order chi connectivity index (χ0) is 11.6. The Morgan fingerprint density at radius 1 is 1.38 bits per heavy atom. The smallest absolute Gasteiger partial charge is 0.305 e. The number of ether oxygens (including phenoxy) is 3. The Morgan fingerprint density at radius 3 is 2.94 bits per heavy atom. The molecule has 94 valence electrons. The molecular formula is C12H22O4. The second-order valence-electron chi connectivity index (χ2n) is 3.97. The van der Waals surface area contributed by atoms with Crippen molar-refractivity contribution < 1.29 is 19.0 Å². The van der Waals surface area contributed by atoms with E-state index in [1.807, 2.05) is 6.92 Å². The highest BCUT2D eigenvalue weighted by molar-refractivity contribution is 5.69. The Hall–Kier alpha value is -0.610. The molecule has 0 aromatic heterocycles. The zero-order valence-corrected chi connectivity index (χ0v) is 10.1. The van der Waals surface area contributed by atoms with Crippen molar-refractivity contribution in [2.45, 2.75) is 45.1 Å². The summed E-state index contributed by atoms with van der Waals surface area (Å²) in [6, 6.07) is 0. The van der Waals surface area contributed by atoms with Crippen molar-refractivity contribution in [3.8, 4) is 0 Å². The molecule has 1 rings (SSSR count). The van der Waals surface area contributed by atoms with Crippen LogP contribution in [0.3, 0.4) is 0 Å². The van der Waals surface area contributed by atoms with Gasteiger partial charge in [-0.2, -0.15) is 0 Å². The van der Waals surface area contributed by atoms with E-state index < -0.39 is 0 Å². The molecule has 4 heteroatoms. The van der Waals surface area contributed by atoms with Crippen LogP contribution < -0.4 is 0 Å². The SMILES string of the molecule is CCOC(=O)CCCCCOC1CCOC1. The van der Waals surface area contributed by atoms with E-state index in [-0.39, 0.29) is 5.97 Å². The third kappa shape index (κ3) is 6.08. The lowest BCUT2D eigenvalue weighted by molar-refractivity contribution is -0.143. The lowest BCUT2D eigenvalue weighted by Gasteiger charge is -2.09. The van der Waals surface area contributed by atoms with Gasteiger partial charge in [0, 0.05) is 19.6 Å². The third-order valence-electron chi connectivity index (χ3n) is 2.57. The summed E-state index contributed by atoms with van der Waals surface area (Å²) in [6.45, 7) is 4.65. The molecule has 0 aromatic carbocycles. The van der Waals surface area contributed by atoms with E-state index in [1.54, 1.807) is 0 Å². The summed E-state index contributed by atoms with van der Waals surface area (Å²) in [6.07, 6.45) is 4.76. The molecule has 0 N–H and O–H groups in total. The molecule has 1 aliphatic heterocycles. The minimum atomic E-state index is -0.0902. The van der Waals surface area contributed by atoms with Crippen LogP contribution in [0.2, 0.25) is 0 Å². The van der Waals surface area contributed by atoms with Crippen LogP contribution in [0.15, 0.2) is 0 Å². The Labute approximate surface area is 97.2 Å². The van der Waals surface area contributed by atoms with Crippen LogP contribution in [0.25, 0.3) is 0 Å². The Morgan fingerprint density at radius 2 is 2.25 bits per heavy atom. The van der Waals surface area contributed by atoms with Crippen LogP contribution in [0.1, 0.15) is 39.0 Å². The minimum absolute atomic E-state index is 0.0902. The monoisotopic (exact) mass is 230 g/mol. The van der Waals surface area contributed by atoms with Gasteiger partial charge in [-0.25, -0.2) is 0 Å². The Kier molecular flexibility index (Phi) is 7.17. The quantitative estimate of drug-likeness (QED) is 0.472. The van der Waals surface area contributed by atoms with Crippen molar-refractivity contribution in [1.29, 1.82) is 0 Å². The molecule has 1 fully saturated rings. The molecule has 1 unspecified atom stereocenters. The fourth-order valence-electron chi connectivity index (χ4n) is 1.68. The van der Waals surface area contributed by atoms with Crippen molar-refractivity contribution >= 4 is 5.97 Å². The van der Waals surface area contributed by atoms with Gasteiger partial charge in [0.15, 0.2) is 0 Å². The minimum Gasteiger partial charge on any atom is -0.466 e. The molecule has 0 radical (unpaired) electrons. The standard InChI is InChI=1S/C12H22O4/c1-2-15-12(13)6-4-3-5-8-16-11-7-9-14-10-11/h11H,2-10H2,1H3. The molecule has 16 heavy (non-hydrogen) atoms. The van der Waals surface area contributed by atoms with Crippen LogP contribution in [0.5, 0.6) is 0 Å². The summed E-state index contributed by atoms with van der Waals surface area (Å²) in [5, 5.41) is 0. The predicted octanol–water partition coefficient (Wildman–Crippen LogP) is 1.92. The van der Waals surface area contributed by atoms with Gasteiger partial charge in [-0.05, 0) is 26.2 Å². The van der Waals surface area contributed by atoms with Crippen molar-refractivity contribution in [3.63, 3.8) is 0 Å². The van der Waals surface area contributed by atoms with Crippen LogP contribution in [0, 0.1) is 0 Å². The fraction of sp³-hybridized carbons (Fsp3) is 0.917. The van der Waals surface area contributed by atoms with Gasteiger partial charge >= 0.3 is 5.97 Å². The normalized spacial score (nSPS) is 19.9. The average molecular weight is 230 g/mol. The molecule has 0 aliphatic carbocycles. The molecule has 1 atom stereocenters. The number of rotatable bonds is 8. The first-order valence-electron chi connectivity index (χ1n) is 6.18. The first kappa shape index (κ1) is 13.5. The second-order valence-corrected chi connectivity index (χ2v) is 3.97. The van der Waals surface area contributed by atoms with Gasteiger partial charge in [-0.15, -0.1) is 0 Å². The lowest BCUT2D eigenvalue weighted by atomic mass is 10.2. The maximum atomic E-state index is 11.0. The molecule has 0 aromatic rings. The largest absolute Gasteiger partial charge is 0.466 e. The van der Waals surface area contributed by atoms with Gasteiger partial charge in [0.05, 0.1) is 19.3 Å². The fourth-order valence-corrected chi connectivity index (χ4v) is 1.68. The van der Waals surface area contributed by atoms with Crippen molar-refractivity contribution in [2.75, 3.05) is 26.4 Å². The van der Waals surface area contributed by atoms with Crippen molar-refractivity contribution in [3.05, 3.63) is 0 Å². The first-order valence-corrected chi connectivity index (χ1v) is 6.18. The van der Waals surface area contributed by atoms with E-state index in [2.05, 4.69) is 0 Å². The van der Waals surface area contributed by atoms with Crippen LogP contribution in [-0.4, -0.2) is 38.5 Å². The molecule has 1 heterocycles. The number of hydrogen-bond donors (Lipinski definition) is 0. The van der Waals surface area contributed by atoms with E-state index in [0.29, 0.717) is 19.1 Å². The molecule has 0 bridgehead atoms. The lowest BCUT2D eigenvalue weighted by Crippen LogP contribution is -2.13. The van der Waals surface area contributed by atoms with E-state index in [1.165, 1.54) is 0 Å². The molecule has 4 nitrogen and oxygen atoms in total. The van der Waals surface area contributed by atoms with Gasteiger partial charge in [-0.3, -0.25) is 4.79 Å². The molecule has 0 saturated carbocycles. The maximum absolute atomic E-state index is 11.0. The highest BCUT2D eigenvalue weighted by Gasteiger charge is 2.15. The summed E-state index contributed by atoms with van der Waals surface area (Å²) >= 11 is 0. The molecule has 1 saturated heterocycles. The van der Waals surface area contributed by atoms with Crippen molar-refractivity contribution in [1.82, 2.24) is 0 Å². The van der Waals surface area contributed by atoms with E-state index in [0.717, 1.165) is 45.5 Å². The molecule has 1 aliphatic rings. The maximum Gasteiger partial charge on any atom is 0.305 e. The van der Waals surface area contributed by atoms with Crippen molar-refractivity contribution in [2.24, 2.45) is 0 Å². The van der Waals surface area contributed by atoms with Gasteiger partial charge in [0.2, 0.25) is 0 Å². The average Bonchev–Trinajstić information content (AvgIpc) is 2.76. The van der Waals surface area contributed by atoms with Gasteiger partial charge < -0.3 is 14.2 Å². The topological polar surface area (TPSA) is 44.8 Å². The van der Waals surface area contributed by atoms with Crippen LogP contribution >= 0.6 is 0 Å².